The lowest BCUT2D eigenvalue weighted by Gasteiger charge is -2.31. The minimum Gasteiger partial charge on any atom is -0.491 e. The molecule has 3 aromatic rings. The van der Waals surface area contributed by atoms with E-state index in [1.165, 1.54) is 16.3 Å². The lowest BCUT2D eigenvalue weighted by atomic mass is 9.95. The number of benzene rings is 3. The molecule has 0 radical (unpaired) electrons. The molecule has 3 aromatic carbocycles. The van der Waals surface area contributed by atoms with Crippen LogP contribution in [0.4, 0.5) is 5.69 Å². The fourth-order valence-electron chi connectivity index (χ4n) is 4.16. The Labute approximate surface area is 178 Å². The van der Waals surface area contributed by atoms with Crippen molar-refractivity contribution in [1.29, 1.82) is 0 Å². The van der Waals surface area contributed by atoms with Crippen molar-refractivity contribution in [2.24, 2.45) is 5.92 Å². The van der Waals surface area contributed by atoms with Crippen LogP contribution in [0.1, 0.15) is 32.3 Å². The normalized spacial score (nSPS) is 15.4. The van der Waals surface area contributed by atoms with Gasteiger partial charge in [0.15, 0.2) is 0 Å². The number of hydrogen-bond donors (Lipinski definition) is 1. The van der Waals surface area contributed by atoms with Crippen LogP contribution in [0.15, 0.2) is 66.7 Å². The van der Waals surface area contributed by atoms with Crippen molar-refractivity contribution < 1.29 is 9.53 Å². The molecule has 30 heavy (non-hydrogen) atoms. The first-order valence-electron chi connectivity index (χ1n) is 10.8. The number of likely N-dealkylation sites (tertiary alicyclic amines) is 1. The molecule has 4 rings (SSSR count). The van der Waals surface area contributed by atoms with Crippen LogP contribution < -0.4 is 10.1 Å². The molecule has 1 aliphatic rings. The summed E-state index contributed by atoms with van der Waals surface area (Å²) in [6, 6.07) is 22.7. The summed E-state index contributed by atoms with van der Waals surface area (Å²) in [4.78, 5) is 15.2. The number of ether oxygens (including phenoxy) is 1. The molecule has 0 aliphatic carbocycles. The van der Waals surface area contributed by atoms with Crippen molar-refractivity contribution in [2.45, 2.75) is 39.3 Å². The largest absolute Gasteiger partial charge is 0.491 e. The van der Waals surface area contributed by atoms with E-state index in [-0.39, 0.29) is 17.9 Å². The van der Waals surface area contributed by atoms with Gasteiger partial charge in [-0.1, -0.05) is 42.5 Å². The third-order valence-corrected chi connectivity index (χ3v) is 5.73. The topological polar surface area (TPSA) is 41.6 Å². The first-order valence-corrected chi connectivity index (χ1v) is 10.8. The lowest BCUT2D eigenvalue weighted by Crippen LogP contribution is -2.37. The van der Waals surface area contributed by atoms with Gasteiger partial charge in [-0.2, -0.15) is 0 Å². The van der Waals surface area contributed by atoms with E-state index >= 15 is 0 Å². The van der Waals surface area contributed by atoms with Gasteiger partial charge in [-0.15, -0.1) is 0 Å². The van der Waals surface area contributed by atoms with Crippen LogP contribution in [0.2, 0.25) is 0 Å². The molecule has 0 spiro atoms. The van der Waals surface area contributed by atoms with Gasteiger partial charge in [-0.05, 0) is 80.4 Å². The van der Waals surface area contributed by atoms with Gasteiger partial charge >= 0.3 is 0 Å². The number of rotatable bonds is 6. The van der Waals surface area contributed by atoms with E-state index in [4.69, 9.17) is 4.74 Å². The standard InChI is InChI=1S/C26H30N2O2/c1-19(2)30-24-12-10-23(11-13-24)27-26(29)21-14-16-28(17-15-21)18-22-8-5-7-20-6-3-4-9-25(20)22/h3-13,19,21H,14-18H2,1-2H3,(H,27,29). The molecular weight excluding hydrogens is 372 g/mol. The second-order valence-electron chi connectivity index (χ2n) is 8.37. The van der Waals surface area contributed by atoms with Crippen molar-refractivity contribution in [3.8, 4) is 5.75 Å². The van der Waals surface area contributed by atoms with E-state index in [9.17, 15) is 4.79 Å². The summed E-state index contributed by atoms with van der Waals surface area (Å²) in [6.07, 6.45) is 1.93. The van der Waals surface area contributed by atoms with Crippen LogP contribution in [0.25, 0.3) is 10.8 Å². The van der Waals surface area contributed by atoms with Crippen LogP contribution >= 0.6 is 0 Å². The average molecular weight is 403 g/mol. The Morgan fingerprint density at radius 2 is 1.70 bits per heavy atom. The third-order valence-electron chi connectivity index (χ3n) is 5.73. The molecule has 1 N–H and O–H groups in total. The Morgan fingerprint density at radius 3 is 2.43 bits per heavy atom. The molecule has 1 heterocycles. The lowest BCUT2D eigenvalue weighted by molar-refractivity contribution is -0.121. The van der Waals surface area contributed by atoms with E-state index in [0.717, 1.165) is 43.9 Å². The van der Waals surface area contributed by atoms with Crippen molar-refractivity contribution in [1.82, 2.24) is 4.90 Å². The van der Waals surface area contributed by atoms with E-state index < -0.39 is 0 Å². The Kier molecular flexibility index (Phi) is 6.34. The maximum atomic E-state index is 12.7. The zero-order chi connectivity index (χ0) is 20.9. The minimum atomic E-state index is 0.0698. The van der Waals surface area contributed by atoms with Crippen LogP contribution in [0.5, 0.6) is 5.75 Å². The first kappa shape index (κ1) is 20.4. The summed E-state index contributed by atoms with van der Waals surface area (Å²) in [5, 5.41) is 5.68. The molecule has 4 heteroatoms. The second-order valence-corrected chi connectivity index (χ2v) is 8.37. The van der Waals surface area contributed by atoms with Crippen LogP contribution in [-0.2, 0) is 11.3 Å². The summed E-state index contributed by atoms with van der Waals surface area (Å²) in [5.74, 6) is 1.02. The smallest absolute Gasteiger partial charge is 0.227 e. The Balaban J connectivity index is 1.30. The highest BCUT2D eigenvalue weighted by atomic mass is 16.5. The average Bonchev–Trinajstić information content (AvgIpc) is 2.75. The summed E-state index contributed by atoms with van der Waals surface area (Å²) in [7, 11) is 0. The number of anilines is 1. The molecule has 0 atom stereocenters. The molecule has 0 saturated carbocycles. The van der Waals surface area contributed by atoms with Crippen molar-refractivity contribution in [2.75, 3.05) is 18.4 Å². The van der Waals surface area contributed by atoms with Gasteiger partial charge in [0.25, 0.3) is 0 Å². The first-order chi connectivity index (χ1) is 14.6. The van der Waals surface area contributed by atoms with Crippen molar-refractivity contribution in [3.63, 3.8) is 0 Å². The zero-order valence-corrected chi connectivity index (χ0v) is 17.8. The Bertz CT molecular complexity index is 984. The fourth-order valence-corrected chi connectivity index (χ4v) is 4.16. The quantitative estimate of drug-likeness (QED) is 0.594. The molecule has 1 aliphatic heterocycles. The van der Waals surface area contributed by atoms with E-state index in [0.29, 0.717) is 0 Å². The van der Waals surface area contributed by atoms with E-state index in [2.05, 4.69) is 52.7 Å². The molecule has 0 bridgehead atoms. The molecule has 4 nitrogen and oxygen atoms in total. The van der Waals surface area contributed by atoms with Gasteiger partial charge in [-0.25, -0.2) is 0 Å². The van der Waals surface area contributed by atoms with Gasteiger partial charge in [0.2, 0.25) is 5.91 Å². The highest BCUT2D eigenvalue weighted by Crippen LogP contribution is 2.25. The van der Waals surface area contributed by atoms with Gasteiger partial charge < -0.3 is 10.1 Å². The van der Waals surface area contributed by atoms with Crippen molar-refractivity contribution >= 4 is 22.4 Å². The summed E-state index contributed by atoms with van der Waals surface area (Å²) in [5.41, 5.74) is 2.19. The predicted octanol–water partition coefficient (Wildman–Crippen LogP) is 5.48. The minimum absolute atomic E-state index is 0.0698. The van der Waals surface area contributed by atoms with Crippen LogP contribution in [0, 0.1) is 5.92 Å². The monoisotopic (exact) mass is 402 g/mol. The maximum Gasteiger partial charge on any atom is 0.227 e. The van der Waals surface area contributed by atoms with Gasteiger partial charge in [0, 0.05) is 18.2 Å². The number of nitrogens with one attached hydrogen (secondary N) is 1. The van der Waals surface area contributed by atoms with Crippen LogP contribution in [0.3, 0.4) is 0 Å². The molecular formula is C26H30N2O2. The molecule has 1 amide bonds. The second kappa shape index (κ2) is 9.31. The number of amides is 1. The van der Waals surface area contributed by atoms with Gasteiger partial charge in [0.05, 0.1) is 6.10 Å². The van der Waals surface area contributed by atoms with Crippen LogP contribution in [-0.4, -0.2) is 30.0 Å². The predicted molar refractivity (Wildman–Crippen MR) is 123 cm³/mol. The van der Waals surface area contributed by atoms with E-state index in [1.807, 2.05) is 38.1 Å². The van der Waals surface area contributed by atoms with Gasteiger partial charge in [-0.3, -0.25) is 9.69 Å². The zero-order valence-electron chi connectivity index (χ0n) is 17.8. The fraction of sp³-hybridized carbons (Fsp3) is 0.346. The number of nitrogens with zero attached hydrogens (tertiary/aromatic N) is 1. The molecule has 0 aromatic heterocycles. The van der Waals surface area contributed by atoms with Crippen molar-refractivity contribution in [3.05, 3.63) is 72.3 Å². The SMILES string of the molecule is CC(C)Oc1ccc(NC(=O)C2CCN(Cc3cccc4ccccc34)CC2)cc1. The Morgan fingerprint density at radius 1 is 1.00 bits per heavy atom. The number of hydrogen-bond acceptors (Lipinski definition) is 3. The van der Waals surface area contributed by atoms with Gasteiger partial charge in [0.1, 0.15) is 5.75 Å². The molecule has 1 saturated heterocycles. The number of carbonyl (C=O) groups is 1. The number of piperidine rings is 1. The number of fused-ring (bicyclic) bond motifs is 1. The molecule has 156 valence electrons. The maximum absolute atomic E-state index is 12.7. The third kappa shape index (κ3) is 5.00. The highest BCUT2D eigenvalue weighted by Gasteiger charge is 2.25. The summed E-state index contributed by atoms with van der Waals surface area (Å²) in [6.45, 7) is 6.84. The molecule has 1 fully saturated rings. The highest BCUT2D eigenvalue weighted by molar-refractivity contribution is 5.92. The number of carbonyl (C=O) groups excluding carboxylic acids is 1. The summed E-state index contributed by atoms with van der Waals surface area (Å²) >= 11 is 0. The Hall–Kier alpha value is -2.85. The molecule has 0 unspecified atom stereocenters. The summed E-state index contributed by atoms with van der Waals surface area (Å²) < 4.78 is 5.66. The van der Waals surface area contributed by atoms with E-state index in [1.54, 1.807) is 0 Å².